The Morgan fingerprint density at radius 3 is 2.61 bits per heavy atom. The number of H-pyrrole nitrogens is 1. The number of aromatic amines is 1. The zero-order chi connectivity index (χ0) is 19.8. The quantitative estimate of drug-likeness (QED) is 0.688. The number of piperidine rings is 1. The summed E-state index contributed by atoms with van der Waals surface area (Å²) in [7, 11) is 0. The predicted molar refractivity (Wildman–Crippen MR) is 113 cm³/mol. The van der Waals surface area contributed by atoms with Crippen LogP contribution in [0.15, 0.2) is 29.1 Å². The molecule has 2 aromatic heterocycles. The van der Waals surface area contributed by atoms with Crippen LogP contribution < -0.4 is 5.56 Å². The molecule has 1 saturated heterocycles. The first kappa shape index (κ1) is 19.3. The van der Waals surface area contributed by atoms with Crippen molar-refractivity contribution in [3.8, 4) is 0 Å². The van der Waals surface area contributed by atoms with Crippen LogP contribution in [0.5, 0.6) is 0 Å². The third-order valence-electron chi connectivity index (χ3n) is 6.09. The molecule has 3 aromatic rings. The molecule has 4 rings (SSSR count). The molecule has 3 heterocycles. The molecular formula is C22H26FN3OS. The molecule has 0 saturated carbocycles. The standard InChI is InChI=1S/C22H26FN3OS/c1-13-15(3)28-22-19(13)21(27)24-20(25-22)14(2)26-10-8-17(9-11-26)12-16-4-6-18(23)7-5-16/h4-7,14,17H,8-12H2,1-3H3,(H,24,25,27). The molecule has 4 nitrogen and oxygen atoms in total. The van der Waals surface area contributed by atoms with Gasteiger partial charge < -0.3 is 4.98 Å². The Balaban J connectivity index is 1.44. The van der Waals surface area contributed by atoms with Gasteiger partial charge in [0.05, 0.1) is 11.4 Å². The largest absolute Gasteiger partial charge is 0.309 e. The van der Waals surface area contributed by atoms with E-state index in [-0.39, 0.29) is 17.4 Å². The van der Waals surface area contributed by atoms with E-state index in [1.165, 1.54) is 5.56 Å². The summed E-state index contributed by atoms with van der Waals surface area (Å²) in [6, 6.07) is 6.95. The number of nitrogens with one attached hydrogen (secondary N) is 1. The molecule has 0 aliphatic carbocycles. The lowest BCUT2D eigenvalue weighted by Gasteiger charge is -2.35. The Bertz CT molecular complexity index is 1030. The maximum Gasteiger partial charge on any atom is 0.259 e. The van der Waals surface area contributed by atoms with Crippen molar-refractivity contribution in [3.05, 3.63) is 62.3 Å². The highest BCUT2D eigenvalue weighted by atomic mass is 32.1. The van der Waals surface area contributed by atoms with Crippen LogP contribution in [0.4, 0.5) is 4.39 Å². The van der Waals surface area contributed by atoms with E-state index < -0.39 is 0 Å². The Morgan fingerprint density at radius 2 is 1.93 bits per heavy atom. The van der Waals surface area contributed by atoms with Crippen LogP contribution in [0.3, 0.4) is 0 Å². The van der Waals surface area contributed by atoms with E-state index in [0.717, 1.165) is 58.8 Å². The van der Waals surface area contributed by atoms with Gasteiger partial charge in [0, 0.05) is 4.88 Å². The van der Waals surface area contributed by atoms with Crippen molar-refractivity contribution in [2.45, 2.75) is 46.1 Å². The fraction of sp³-hybridized carbons (Fsp3) is 0.455. The first-order chi connectivity index (χ1) is 13.4. The highest BCUT2D eigenvalue weighted by molar-refractivity contribution is 7.18. The number of halogens is 1. The molecule has 0 amide bonds. The Labute approximate surface area is 168 Å². The maximum atomic E-state index is 13.1. The molecule has 1 atom stereocenters. The highest BCUT2D eigenvalue weighted by Crippen LogP contribution is 2.30. The number of benzene rings is 1. The van der Waals surface area contributed by atoms with Gasteiger partial charge in [-0.05, 0) is 82.3 Å². The van der Waals surface area contributed by atoms with Crippen molar-refractivity contribution in [1.29, 1.82) is 0 Å². The van der Waals surface area contributed by atoms with Gasteiger partial charge in [0.25, 0.3) is 5.56 Å². The van der Waals surface area contributed by atoms with Crippen molar-refractivity contribution >= 4 is 21.6 Å². The van der Waals surface area contributed by atoms with Gasteiger partial charge in [0.1, 0.15) is 16.5 Å². The van der Waals surface area contributed by atoms with Crippen LogP contribution in [0.25, 0.3) is 10.2 Å². The summed E-state index contributed by atoms with van der Waals surface area (Å²) >= 11 is 1.60. The summed E-state index contributed by atoms with van der Waals surface area (Å²) in [4.78, 5) is 24.8. The third kappa shape index (κ3) is 3.76. The fourth-order valence-corrected chi connectivity index (χ4v) is 5.18. The molecular weight excluding hydrogens is 373 g/mol. The summed E-state index contributed by atoms with van der Waals surface area (Å²) in [5.74, 6) is 1.20. The van der Waals surface area contributed by atoms with E-state index >= 15 is 0 Å². The second-order valence-corrected chi connectivity index (χ2v) is 9.10. The number of aryl methyl sites for hydroxylation is 2. The highest BCUT2D eigenvalue weighted by Gasteiger charge is 2.25. The minimum Gasteiger partial charge on any atom is -0.309 e. The zero-order valence-corrected chi connectivity index (χ0v) is 17.4. The maximum absolute atomic E-state index is 13.1. The molecule has 1 unspecified atom stereocenters. The molecule has 1 aliphatic heterocycles. The number of likely N-dealkylation sites (tertiary alicyclic amines) is 1. The lowest BCUT2D eigenvalue weighted by molar-refractivity contribution is 0.136. The average Bonchev–Trinajstić information content (AvgIpc) is 2.98. The van der Waals surface area contributed by atoms with Crippen molar-refractivity contribution in [2.24, 2.45) is 5.92 Å². The van der Waals surface area contributed by atoms with Gasteiger partial charge in [-0.1, -0.05) is 12.1 Å². The normalized spacial score (nSPS) is 17.3. The van der Waals surface area contributed by atoms with Gasteiger partial charge in [-0.25, -0.2) is 9.37 Å². The lowest BCUT2D eigenvalue weighted by Crippen LogP contribution is -2.37. The number of hydrogen-bond acceptors (Lipinski definition) is 4. The molecule has 0 spiro atoms. The average molecular weight is 400 g/mol. The molecule has 28 heavy (non-hydrogen) atoms. The van der Waals surface area contributed by atoms with E-state index in [1.54, 1.807) is 23.5 Å². The molecule has 1 fully saturated rings. The lowest BCUT2D eigenvalue weighted by atomic mass is 9.89. The van der Waals surface area contributed by atoms with Crippen molar-refractivity contribution in [2.75, 3.05) is 13.1 Å². The van der Waals surface area contributed by atoms with E-state index in [1.807, 2.05) is 26.0 Å². The smallest absolute Gasteiger partial charge is 0.259 e. The Kier molecular flexibility index (Phi) is 5.34. The molecule has 1 N–H and O–H groups in total. The van der Waals surface area contributed by atoms with E-state index in [4.69, 9.17) is 4.98 Å². The first-order valence-electron chi connectivity index (χ1n) is 9.90. The van der Waals surface area contributed by atoms with E-state index in [2.05, 4.69) is 16.8 Å². The van der Waals surface area contributed by atoms with Gasteiger partial charge >= 0.3 is 0 Å². The minimum atomic E-state index is -0.179. The number of hydrogen-bond donors (Lipinski definition) is 1. The van der Waals surface area contributed by atoms with Crippen LogP contribution in [0.2, 0.25) is 0 Å². The Hall–Kier alpha value is -2.05. The first-order valence-corrected chi connectivity index (χ1v) is 10.7. The third-order valence-corrected chi connectivity index (χ3v) is 7.19. The molecule has 6 heteroatoms. The van der Waals surface area contributed by atoms with Crippen LogP contribution in [-0.4, -0.2) is 28.0 Å². The van der Waals surface area contributed by atoms with Crippen LogP contribution in [0.1, 0.15) is 47.6 Å². The topological polar surface area (TPSA) is 49.0 Å². The number of thiophene rings is 1. The molecule has 148 valence electrons. The molecule has 1 aromatic carbocycles. The van der Waals surface area contributed by atoms with Gasteiger partial charge in [0.15, 0.2) is 0 Å². The summed E-state index contributed by atoms with van der Waals surface area (Å²) in [5, 5.41) is 0.733. The second-order valence-electron chi connectivity index (χ2n) is 7.90. The predicted octanol–water partition coefficient (Wildman–Crippen LogP) is 4.76. The van der Waals surface area contributed by atoms with Crippen molar-refractivity contribution in [3.63, 3.8) is 0 Å². The van der Waals surface area contributed by atoms with Gasteiger partial charge in [-0.15, -0.1) is 11.3 Å². The monoisotopic (exact) mass is 399 g/mol. The number of nitrogens with zero attached hydrogens (tertiary/aromatic N) is 2. The van der Waals surface area contributed by atoms with Crippen LogP contribution in [0, 0.1) is 25.6 Å². The number of rotatable bonds is 4. The van der Waals surface area contributed by atoms with Gasteiger partial charge in [0.2, 0.25) is 0 Å². The summed E-state index contributed by atoms with van der Waals surface area (Å²) < 4.78 is 13.1. The molecule has 0 radical (unpaired) electrons. The van der Waals surface area contributed by atoms with Gasteiger partial charge in [-0.3, -0.25) is 9.69 Å². The summed E-state index contributed by atoms with van der Waals surface area (Å²) in [5.41, 5.74) is 2.21. The minimum absolute atomic E-state index is 0.0279. The zero-order valence-electron chi connectivity index (χ0n) is 16.6. The van der Waals surface area contributed by atoms with Crippen molar-refractivity contribution in [1.82, 2.24) is 14.9 Å². The van der Waals surface area contributed by atoms with E-state index in [0.29, 0.717) is 5.92 Å². The SMILES string of the molecule is Cc1sc2nc(C(C)N3CCC(Cc4ccc(F)cc4)CC3)[nH]c(=O)c2c1C. The fourth-order valence-electron chi connectivity index (χ4n) is 4.14. The van der Waals surface area contributed by atoms with Crippen molar-refractivity contribution < 1.29 is 4.39 Å². The van der Waals surface area contributed by atoms with Crippen LogP contribution >= 0.6 is 11.3 Å². The number of aromatic nitrogens is 2. The van der Waals surface area contributed by atoms with E-state index in [9.17, 15) is 9.18 Å². The van der Waals surface area contributed by atoms with Crippen LogP contribution in [-0.2, 0) is 6.42 Å². The second kappa shape index (κ2) is 7.76. The Morgan fingerprint density at radius 1 is 1.25 bits per heavy atom. The molecule has 1 aliphatic rings. The summed E-state index contributed by atoms with van der Waals surface area (Å²) in [6.07, 6.45) is 3.20. The van der Waals surface area contributed by atoms with Gasteiger partial charge in [-0.2, -0.15) is 0 Å². The summed E-state index contributed by atoms with van der Waals surface area (Å²) in [6.45, 7) is 8.11. The number of fused-ring (bicyclic) bond motifs is 1. The molecule has 0 bridgehead atoms.